The Morgan fingerprint density at radius 1 is 1.11 bits per heavy atom. The Bertz CT molecular complexity index is 306. The first-order chi connectivity index (χ1) is 8.97. The average Bonchev–Trinajstić information content (AvgIpc) is 2.33. The molecule has 0 aliphatic rings. The van der Waals surface area contributed by atoms with Crippen LogP contribution in [0.2, 0.25) is 0 Å². The van der Waals surface area contributed by atoms with Gasteiger partial charge in [0.15, 0.2) is 0 Å². The number of hydrogen-bond acceptors (Lipinski definition) is 3. The van der Waals surface area contributed by atoms with E-state index >= 15 is 0 Å². The summed E-state index contributed by atoms with van der Waals surface area (Å²) in [5.74, 6) is -2.14. The lowest BCUT2D eigenvalue weighted by Crippen LogP contribution is -2.46. The van der Waals surface area contributed by atoms with Gasteiger partial charge in [-0.1, -0.05) is 19.8 Å². The molecular formula is C12H22N2O5. The van der Waals surface area contributed by atoms with Crippen molar-refractivity contribution in [2.24, 2.45) is 0 Å². The molecule has 0 aliphatic carbocycles. The zero-order valence-corrected chi connectivity index (χ0v) is 11.1. The highest BCUT2D eigenvalue weighted by Gasteiger charge is 2.19. The second-order valence-electron chi connectivity index (χ2n) is 4.28. The van der Waals surface area contributed by atoms with E-state index in [1.807, 2.05) is 6.92 Å². The van der Waals surface area contributed by atoms with Crippen LogP contribution < -0.4 is 10.6 Å². The molecule has 19 heavy (non-hydrogen) atoms. The number of hydrogen-bond donors (Lipinski definition) is 4. The van der Waals surface area contributed by atoms with Crippen molar-refractivity contribution in [1.29, 1.82) is 0 Å². The van der Waals surface area contributed by atoms with Gasteiger partial charge in [-0.05, 0) is 19.3 Å². The van der Waals surface area contributed by atoms with Crippen molar-refractivity contribution in [1.82, 2.24) is 10.6 Å². The van der Waals surface area contributed by atoms with E-state index in [1.54, 1.807) is 0 Å². The summed E-state index contributed by atoms with van der Waals surface area (Å²) in [5, 5.41) is 22.3. The number of aliphatic carboxylic acids is 2. The molecule has 110 valence electrons. The summed E-state index contributed by atoms with van der Waals surface area (Å²) in [5.41, 5.74) is 0. The highest BCUT2D eigenvalue weighted by atomic mass is 16.4. The van der Waals surface area contributed by atoms with Crippen LogP contribution in [-0.2, 0) is 9.59 Å². The van der Waals surface area contributed by atoms with Gasteiger partial charge in [0.25, 0.3) is 0 Å². The van der Waals surface area contributed by atoms with E-state index in [9.17, 15) is 14.4 Å². The van der Waals surface area contributed by atoms with Crippen molar-refractivity contribution in [2.75, 3.05) is 6.54 Å². The van der Waals surface area contributed by atoms with Gasteiger partial charge in [0, 0.05) is 13.0 Å². The first-order valence-corrected chi connectivity index (χ1v) is 6.46. The number of urea groups is 1. The van der Waals surface area contributed by atoms with Crippen molar-refractivity contribution >= 4 is 18.0 Å². The Labute approximate surface area is 112 Å². The fourth-order valence-electron chi connectivity index (χ4n) is 1.50. The first-order valence-electron chi connectivity index (χ1n) is 6.46. The van der Waals surface area contributed by atoms with Crippen LogP contribution in [0.1, 0.15) is 45.4 Å². The third-order valence-corrected chi connectivity index (χ3v) is 2.55. The topological polar surface area (TPSA) is 116 Å². The van der Waals surface area contributed by atoms with Crippen LogP contribution in [0, 0.1) is 0 Å². The van der Waals surface area contributed by atoms with Crippen LogP contribution in [-0.4, -0.2) is 40.8 Å². The number of carbonyl (C=O) groups is 3. The molecule has 1 atom stereocenters. The van der Waals surface area contributed by atoms with Gasteiger partial charge in [-0.3, -0.25) is 4.79 Å². The van der Waals surface area contributed by atoms with Crippen molar-refractivity contribution in [2.45, 2.75) is 51.5 Å². The number of carboxylic acid groups (broad SMARTS) is 2. The molecule has 4 N–H and O–H groups in total. The molecule has 0 radical (unpaired) electrons. The number of nitrogens with one attached hydrogen (secondary N) is 2. The molecule has 0 aromatic rings. The molecule has 7 nitrogen and oxygen atoms in total. The standard InChI is InChI=1S/C12H22N2O5/c1-2-3-4-8-13-12(19)14-9(11(17)18)6-5-7-10(15)16/h9H,2-8H2,1H3,(H,15,16)(H,17,18)(H2,13,14,19)/t9-/m1/s1. The molecule has 0 fully saturated rings. The van der Waals surface area contributed by atoms with Crippen molar-refractivity contribution in [3.63, 3.8) is 0 Å². The Hall–Kier alpha value is -1.79. The fraction of sp³-hybridized carbons (Fsp3) is 0.750. The third-order valence-electron chi connectivity index (χ3n) is 2.55. The normalized spacial score (nSPS) is 11.6. The minimum atomic E-state index is -1.16. The molecule has 0 bridgehead atoms. The Kier molecular flexibility index (Phi) is 9.20. The van der Waals surface area contributed by atoms with E-state index in [-0.39, 0.29) is 19.3 Å². The second-order valence-corrected chi connectivity index (χ2v) is 4.28. The lowest BCUT2D eigenvalue weighted by molar-refractivity contribution is -0.140. The molecule has 0 aromatic heterocycles. The molecule has 0 saturated carbocycles. The third kappa shape index (κ3) is 9.87. The van der Waals surface area contributed by atoms with Gasteiger partial charge in [0.2, 0.25) is 0 Å². The van der Waals surface area contributed by atoms with E-state index in [2.05, 4.69) is 10.6 Å². The molecule has 0 saturated heterocycles. The maximum atomic E-state index is 11.4. The number of carbonyl (C=O) groups excluding carboxylic acids is 1. The van der Waals surface area contributed by atoms with Gasteiger partial charge in [-0.2, -0.15) is 0 Å². The Morgan fingerprint density at radius 3 is 2.32 bits per heavy atom. The first kappa shape index (κ1) is 17.2. The van der Waals surface area contributed by atoms with Crippen LogP contribution in [0.4, 0.5) is 4.79 Å². The Morgan fingerprint density at radius 2 is 1.79 bits per heavy atom. The van der Waals surface area contributed by atoms with Crippen molar-refractivity contribution < 1.29 is 24.6 Å². The number of rotatable bonds is 10. The molecule has 0 unspecified atom stereocenters. The summed E-state index contributed by atoms with van der Waals surface area (Å²) in [6.45, 7) is 2.55. The molecular weight excluding hydrogens is 252 g/mol. The van der Waals surface area contributed by atoms with Crippen LogP contribution in [0.5, 0.6) is 0 Å². The lowest BCUT2D eigenvalue weighted by Gasteiger charge is -2.14. The smallest absolute Gasteiger partial charge is 0.326 e. The zero-order valence-electron chi connectivity index (χ0n) is 11.1. The molecule has 7 heteroatoms. The molecule has 0 spiro atoms. The highest BCUT2D eigenvalue weighted by Crippen LogP contribution is 2.01. The van der Waals surface area contributed by atoms with Crippen LogP contribution in [0.3, 0.4) is 0 Å². The van der Waals surface area contributed by atoms with Crippen LogP contribution in [0.25, 0.3) is 0 Å². The molecule has 0 heterocycles. The summed E-state index contributed by atoms with van der Waals surface area (Å²) in [6, 6.07) is -1.58. The van der Waals surface area contributed by atoms with E-state index in [1.165, 1.54) is 0 Å². The number of amides is 2. The summed E-state index contributed by atoms with van der Waals surface area (Å²) in [6.07, 6.45) is 3.09. The van der Waals surface area contributed by atoms with Crippen molar-refractivity contribution in [3.05, 3.63) is 0 Å². The van der Waals surface area contributed by atoms with Gasteiger partial charge in [-0.15, -0.1) is 0 Å². The van der Waals surface area contributed by atoms with Gasteiger partial charge in [-0.25, -0.2) is 9.59 Å². The number of unbranched alkanes of at least 4 members (excludes halogenated alkanes) is 2. The van der Waals surface area contributed by atoms with E-state index in [0.717, 1.165) is 19.3 Å². The maximum Gasteiger partial charge on any atom is 0.326 e. The van der Waals surface area contributed by atoms with Crippen molar-refractivity contribution in [3.8, 4) is 0 Å². The van der Waals surface area contributed by atoms with E-state index in [4.69, 9.17) is 10.2 Å². The average molecular weight is 274 g/mol. The lowest BCUT2D eigenvalue weighted by atomic mass is 10.1. The largest absolute Gasteiger partial charge is 0.481 e. The van der Waals surface area contributed by atoms with Crippen LogP contribution in [0.15, 0.2) is 0 Å². The van der Waals surface area contributed by atoms with E-state index < -0.39 is 24.0 Å². The minimum absolute atomic E-state index is 0.101. The highest BCUT2D eigenvalue weighted by molar-refractivity contribution is 5.82. The van der Waals surface area contributed by atoms with Gasteiger partial charge in [0.05, 0.1) is 0 Å². The molecule has 2 amide bonds. The van der Waals surface area contributed by atoms with E-state index in [0.29, 0.717) is 6.54 Å². The predicted molar refractivity (Wildman–Crippen MR) is 69.0 cm³/mol. The summed E-state index contributed by atoms with van der Waals surface area (Å²) < 4.78 is 0. The molecule has 0 aliphatic heterocycles. The summed E-state index contributed by atoms with van der Waals surface area (Å²) >= 11 is 0. The number of carboxylic acids is 2. The Balaban J connectivity index is 3.94. The van der Waals surface area contributed by atoms with Gasteiger partial charge in [0.1, 0.15) is 6.04 Å². The molecule has 0 rings (SSSR count). The second kappa shape index (κ2) is 10.2. The monoisotopic (exact) mass is 274 g/mol. The quantitative estimate of drug-likeness (QED) is 0.446. The minimum Gasteiger partial charge on any atom is -0.481 e. The molecule has 0 aromatic carbocycles. The SMILES string of the molecule is CCCCCNC(=O)N[C@H](CCCC(=O)O)C(=O)O. The summed E-state index contributed by atoms with van der Waals surface area (Å²) in [7, 11) is 0. The maximum absolute atomic E-state index is 11.4. The summed E-state index contributed by atoms with van der Waals surface area (Å²) in [4.78, 5) is 32.6. The van der Waals surface area contributed by atoms with Crippen LogP contribution >= 0.6 is 0 Å². The predicted octanol–water partition coefficient (Wildman–Crippen LogP) is 1.18. The fourth-order valence-corrected chi connectivity index (χ4v) is 1.50. The van der Waals surface area contributed by atoms with Gasteiger partial charge >= 0.3 is 18.0 Å². The zero-order chi connectivity index (χ0) is 14.7. The van der Waals surface area contributed by atoms with Gasteiger partial charge < -0.3 is 20.8 Å².